The largest absolute Gasteiger partial charge is 0.489 e. The lowest BCUT2D eigenvalue weighted by Gasteiger charge is -2.10. The van der Waals surface area contributed by atoms with Crippen molar-refractivity contribution >= 4 is 11.8 Å². The van der Waals surface area contributed by atoms with Gasteiger partial charge in [-0.25, -0.2) is 4.98 Å². The zero-order valence-corrected chi connectivity index (χ0v) is 13.7. The smallest absolute Gasteiger partial charge is 0.222 e. The van der Waals surface area contributed by atoms with E-state index in [4.69, 9.17) is 16.2 Å². The van der Waals surface area contributed by atoms with Crippen LogP contribution >= 0.6 is 0 Å². The van der Waals surface area contributed by atoms with Crippen LogP contribution in [-0.2, 0) is 6.61 Å². The molecule has 0 amide bonds. The molecule has 1 heterocycles. The molecular weight excluding hydrogens is 314 g/mol. The average molecular weight is 331 g/mol. The van der Waals surface area contributed by atoms with Crippen LogP contribution in [0.5, 0.6) is 5.75 Å². The molecule has 4 N–H and O–H groups in total. The summed E-state index contributed by atoms with van der Waals surface area (Å²) in [6, 6.07) is 17.4. The lowest BCUT2D eigenvalue weighted by Crippen LogP contribution is -2.05. The SMILES string of the molecule is Cc1ccccc1COc1ccc(-c2nc(N)nc(N)c2C#N)cc1. The van der Waals surface area contributed by atoms with Crippen molar-refractivity contribution in [1.82, 2.24) is 9.97 Å². The Hall–Kier alpha value is -3.59. The number of ether oxygens (including phenoxy) is 1. The average Bonchev–Trinajstić information content (AvgIpc) is 2.61. The van der Waals surface area contributed by atoms with Gasteiger partial charge in [-0.1, -0.05) is 24.3 Å². The Labute approximate surface area is 145 Å². The highest BCUT2D eigenvalue weighted by atomic mass is 16.5. The number of nitrogen functional groups attached to an aromatic ring is 2. The molecule has 124 valence electrons. The van der Waals surface area contributed by atoms with E-state index < -0.39 is 0 Å². The number of hydrogen-bond acceptors (Lipinski definition) is 6. The summed E-state index contributed by atoms with van der Waals surface area (Å²) in [6.45, 7) is 2.54. The normalized spacial score (nSPS) is 10.2. The van der Waals surface area contributed by atoms with E-state index in [1.807, 2.05) is 48.5 Å². The third-order valence-corrected chi connectivity index (χ3v) is 3.85. The van der Waals surface area contributed by atoms with Crippen LogP contribution in [0.2, 0.25) is 0 Å². The maximum Gasteiger partial charge on any atom is 0.222 e. The van der Waals surface area contributed by atoms with Crippen LogP contribution in [0.4, 0.5) is 11.8 Å². The number of rotatable bonds is 4. The molecule has 0 saturated heterocycles. The van der Waals surface area contributed by atoms with E-state index in [1.54, 1.807) is 0 Å². The van der Waals surface area contributed by atoms with Gasteiger partial charge in [-0.05, 0) is 42.3 Å². The van der Waals surface area contributed by atoms with Crippen LogP contribution in [0, 0.1) is 18.3 Å². The molecule has 0 saturated carbocycles. The van der Waals surface area contributed by atoms with Crippen molar-refractivity contribution in [1.29, 1.82) is 5.26 Å². The van der Waals surface area contributed by atoms with Gasteiger partial charge in [0, 0.05) is 5.56 Å². The van der Waals surface area contributed by atoms with Crippen molar-refractivity contribution in [3.63, 3.8) is 0 Å². The van der Waals surface area contributed by atoms with E-state index in [0.29, 0.717) is 12.3 Å². The van der Waals surface area contributed by atoms with Gasteiger partial charge < -0.3 is 16.2 Å². The Morgan fingerprint density at radius 2 is 1.76 bits per heavy atom. The summed E-state index contributed by atoms with van der Waals surface area (Å²) in [6.07, 6.45) is 0. The van der Waals surface area contributed by atoms with Crippen molar-refractivity contribution in [3.05, 3.63) is 65.2 Å². The van der Waals surface area contributed by atoms with Crippen LogP contribution in [0.1, 0.15) is 16.7 Å². The van der Waals surface area contributed by atoms with Crippen molar-refractivity contribution < 1.29 is 4.74 Å². The number of nitriles is 1. The van der Waals surface area contributed by atoms with Crippen LogP contribution in [0.25, 0.3) is 11.3 Å². The summed E-state index contributed by atoms with van der Waals surface area (Å²) >= 11 is 0. The molecule has 3 rings (SSSR count). The van der Waals surface area contributed by atoms with E-state index in [1.165, 1.54) is 5.56 Å². The topological polar surface area (TPSA) is 111 Å². The highest BCUT2D eigenvalue weighted by Crippen LogP contribution is 2.27. The minimum Gasteiger partial charge on any atom is -0.489 e. The van der Waals surface area contributed by atoms with E-state index in [2.05, 4.69) is 23.0 Å². The van der Waals surface area contributed by atoms with Crippen molar-refractivity contribution in [2.75, 3.05) is 11.5 Å². The number of anilines is 2. The fourth-order valence-electron chi connectivity index (χ4n) is 2.46. The minimum atomic E-state index is 0.0337. The van der Waals surface area contributed by atoms with E-state index >= 15 is 0 Å². The highest BCUT2D eigenvalue weighted by Gasteiger charge is 2.13. The van der Waals surface area contributed by atoms with Gasteiger partial charge >= 0.3 is 0 Å². The molecule has 0 radical (unpaired) electrons. The monoisotopic (exact) mass is 331 g/mol. The molecule has 0 aliphatic heterocycles. The molecule has 6 nitrogen and oxygen atoms in total. The van der Waals surface area contributed by atoms with Crippen LogP contribution in [-0.4, -0.2) is 9.97 Å². The van der Waals surface area contributed by atoms with E-state index in [0.717, 1.165) is 16.9 Å². The standard InChI is InChI=1S/C19H17N5O/c1-12-4-2-3-5-14(12)11-25-15-8-6-13(7-9-15)17-16(10-20)18(21)24-19(22)23-17/h2-9H,11H2,1H3,(H4,21,22,23,24). The molecule has 3 aromatic rings. The van der Waals surface area contributed by atoms with Gasteiger partial charge in [0.15, 0.2) is 0 Å². The molecule has 0 unspecified atom stereocenters. The third kappa shape index (κ3) is 3.51. The first-order valence-electron chi connectivity index (χ1n) is 7.69. The molecule has 1 aromatic heterocycles. The quantitative estimate of drug-likeness (QED) is 0.760. The zero-order chi connectivity index (χ0) is 17.8. The van der Waals surface area contributed by atoms with Gasteiger partial charge in [0.1, 0.15) is 29.8 Å². The van der Waals surface area contributed by atoms with Crippen molar-refractivity contribution in [3.8, 4) is 23.1 Å². The second-order valence-corrected chi connectivity index (χ2v) is 5.54. The zero-order valence-electron chi connectivity index (χ0n) is 13.7. The molecule has 25 heavy (non-hydrogen) atoms. The third-order valence-electron chi connectivity index (χ3n) is 3.85. The summed E-state index contributed by atoms with van der Waals surface area (Å²) in [5.74, 6) is 0.830. The van der Waals surface area contributed by atoms with Crippen molar-refractivity contribution in [2.45, 2.75) is 13.5 Å². The Morgan fingerprint density at radius 1 is 1.04 bits per heavy atom. The van der Waals surface area contributed by atoms with Gasteiger partial charge in [-0.3, -0.25) is 0 Å². The number of aryl methyl sites for hydroxylation is 1. The predicted octanol–water partition coefficient (Wildman–Crippen LogP) is 3.07. The second kappa shape index (κ2) is 6.89. The van der Waals surface area contributed by atoms with Gasteiger partial charge in [0.2, 0.25) is 5.95 Å². The number of nitrogens with two attached hydrogens (primary N) is 2. The van der Waals surface area contributed by atoms with Crippen LogP contribution in [0.3, 0.4) is 0 Å². The summed E-state index contributed by atoms with van der Waals surface area (Å²) < 4.78 is 5.82. The lowest BCUT2D eigenvalue weighted by molar-refractivity contribution is 0.305. The number of benzene rings is 2. The Kier molecular flexibility index (Phi) is 4.48. The first-order valence-corrected chi connectivity index (χ1v) is 7.69. The maximum atomic E-state index is 9.27. The molecule has 0 fully saturated rings. The number of aromatic nitrogens is 2. The first kappa shape index (κ1) is 16.3. The number of hydrogen-bond donors (Lipinski definition) is 2. The highest BCUT2D eigenvalue weighted by molar-refractivity contribution is 5.73. The van der Waals surface area contributed by atoms with Gasteiger partial charge in [-0.15, -0.1) is 0 Å². The Morgan fingerprint density at radius 3 is 2.44 bits per heavy atom. The molecule has 0 aliphatic carbocycles. The van der Waals surface area contributed by atoms with Gasteiger partial charge in [0.05, 0.1) is 5.69 Å². The molecule has 0 aliphatic rings. The fraction of sp³-hybridized carbons (Fsp3) is 0.105. The fourth-order valence-corrected chi connectivity index (χ4v) is 2.46. The minimum absolute atomic E-state index is 0.0337. The van der Waals surface area contributed by atoms with Crippen molar-refractivity contribution in [2.24, 2.45) is 0 Å². The van der Waals surface area contributed by atoms with E-state index in [9.17, 15) is 5.26 Å². The molecule has 0 bridgehead atoms. The molecule has 2 aromatic carbocycles. The second-order valence-electron chi connectivity index (χ2n) is 5.54. The summed E-state index contributed by atoms with van der Waals surface area (Å²) in [7, 11) is 0. The molecular formula is C19H17N5O. The van der Waals surface area contributed by atoms with Crippen LogP contribution < -0.4 is 16.2 Å². The van der Waals surface area contributed by atoms with Gasteiger partial charge in [-0.2, -0.15) is 10.2 Å². The Bertz CT molecular complexity index is 945. The molecule has 0 atom stereocenters. The molecule has 6 heteroatoms. The summed E-state index contributed by atoms with van der Waals surface area (Å²) in [4.78, 5) is 7.95. The van der Waals surface area contributed by atoms with Crippen LogP contribution in [0.15, 0.2) is 48.5 Å². The molecule has 0 spiro atoms. The lowest BCUT2D eigenvalue weighted by atomic mass is 10.1. The summed E-state index contributed by atoms with van der Waals surface area (Å²) in [5.41, 5.74) is 15.1. The number of nitrogens with zero attached hydrogens (tertiary/aromatic N) is 3. The van der Waals surface area contributed by atoms with E-state index in [-0.39, 0.29) is 17.3 Å². The first-order chi connectivity index (χ1) is 12.1. The summed E-state index contributed by atoms with van der Waals surface area (Å²) in [5, 5.41) is 9.27. The van der Waals surface area contributed by atoms with Gasteiger partial charge in [0.25, 0.3) is 0 Å². The predicted molar refractivity (Wildman–Crippen MR) is 96.5 cm³/mol. The Balaban J connectivity index is 1.82. The maximum absolute atomic E-state index is 9.27.